The van der Waals surface area contributed by atoms with Crippen LogP contribution in [-0.2, 0) is 6.42 Å². The fourth-order valence-electron chi connectivity index (χ4n) is 1.87. The van der Waals surface area contributed by atoms with Crippen LogP contribution in [0.5, 0.6) is 0 Å². The van der Waals surface area contributed by atoms with Gasteiger partial charge in [-0.1, -0.05) is 12.1 Å². The Morgan fingerprint density at radius 1 is 1.11 bits per heavy atom. The Labute approximate surface area is 109 Å². The van der Waals surface area contributed by atoms with Crippen molar-refractivity contribution in [3.63, 3.8) is 0 Å². The number of para-hydroxylation sites is 1. The van der Waals surface area contributed by atoms with E-state index >= 15 is 0 Å². The van der Waals surface area contributed by atoms with E-state index in [0.717, 1.165) is 34.0 Å². The molecule has 3 nitrogen and oxygen atoms in total. The molecule has 0 saturated heterocycles. The number of aromatic nitrogens is 2. The number of rotatable bonds is 2. The second-order valence-corrected chi connectivity index (χ2v) is 5.34. The Balaban J connectivity index is 1.93. The molecule has 0 saturated carbocycles. The van der Waals surface area contributed by atoms with Crippen molar-refractivity contribution in [1.82, 2.24) is 9.97 Å². The van der Waals surface area contributed by atoms with Crippen LogP contribution < -0.4 is 5.73 Å². The third kappa shape index (κ3) is 2.07. The second kappa shape index (κ2) is 4.38. The summed E-state index contributed by atoms with van der Waals surface area (Å²) in [7, 11) is 0. The van der Waals surface area contributed by atoms with Gasteiger partial charge in [-0.25, -0.2) is 4.98 Å². The van der Waals surface area contributed by atoms with Crippen LogP contribution in [0, 0.1) is 6.92 Å². The molecule has 0 atom stereocenters. The minimum atomic E-state index is 0.739. The SMILES string of the molecule is Cc1nc(Cc2nc3ccccc3s2)ccc1N. The zero-order valence-electron chi connectivity index (χ0n) is 10.1. The fraction of sp³-hybridized carbons (Fsp3) is 0.143. The maximum absolute atomic E-state index is 5.77. The average molecular weight is 255 g/mol. The van der Waals surface area contributed by atoms with Crippen molar-refractivity contribution < 1.29 is 0 Å². The van der Waals surface area contributed by atoms with Gasteiger partial charge in [0.1, 0.15) is 0 Å². The Morgan fingerprint density at radius 2 is 1.94 bits per heavy atom. The van der Waals surface area contributed by atoms with E-state index in [4.69, 9.17) is 5.73 Å². The zero-order chi connectivity index (χ0) is 12.5. The third-order valence-electron chi connectivity index (χ3n) is 2.85. The lowest BCUT2D eigenvalue weighted by Crippen LogP contribution is -1.97. The van der Waals surface area contributed by atoms with Crippen molar-refractivity contribution in [3.8, 4) is 0 Å². The van der Waals surface area contributed by atoms with Crippen molar-refractivity contribution >= 4 is 27.2 Å². The number of thiazole rings is 1. The van der Waals surface area contributed by atoms with Crippen LogP contribution in [0.1, 0.15) is 16.4 Å². The van der Waals surface area contributed by atoms with Gasteiger partial charge in [0.15, 0.2) is 0 Å². The molecule has 0 aliphatic carbocycles. The quantitative estimate of drug-likeness (QED) is 0.765. The molecule has 90 valence electrons. The number of hydrogen-bond donors (Lipinski definition) is 1. The van der Waals surface area contributed by atoms with Crippen LogP contribution in [0.4, 0.5) is 5.69 Å². The van der Waals surface area contributed by atoms with Gasteiger partial charge in [-0.3, -0.25) is 4.98 Å². The molecule has 0 radical (unpaired) electrons. The number of pyridine rings is 1. The van der Waals surface area contributed by atoms with Gasteiger partial charge in [0.25, 0.3) is 0 Å². The molecule has 2 heterocycles. The molecule has 3 aromatic rings. The molecule has 0 unspecified atom stereocenters. The Hall–Kier alpha value is -1.94. The molecule has 4 heteroatoms. The predicted molar refractivity (Wildman–Crippen MR) is 75.8 cm³/mol. The molecule has 18 heavy (non-hydrogen) atoms. The van der Waals surface area contributed by atoms with Gasteiger partial charge in [-0.15, -0.1) is 11.3 Å². The van der Waals surface area contributed by atoms with Gasteiger partial charge in [0, 0.05) is 12.1 Å². The molecular formula is C14H13N3S. The highest BCUT2D eigenvalue weighted by Gasteiger charge is 2.06. The van der Waals surface area contributed by atoms with Crippen molar-refractivity contribution in [2.45, 2.75) is 13.3 Å². The Morgan fingerprint density at radius 3 is 2.72 bits per heavy atom. The Bertz CT molecular complexity index is 670. The van der Waals surface area contributed by atoms with E-state index < -0.39 is 0 Å². The first-order valence-corrected chi connectivity index (χ1v) is 6.60. The number of nitrogens with two attached hydrogens (primary N) is 1. The average Bonchev–Trinajstić information content (AvgIpc) is 2.76. The predicted octanol–water partition coefficient (Wildman–Crippen LogP) is 3.17. The number of hydrogen-bond acceptors (Lipinski definition) is 4. The summed E-state index contributed by atoms with van der Waals surface area (Å²) in [6.07, 6.45) is 0.764. The van der Waals surface area contributed by atoms with Gasteiger partial charge in [-0.05, 0) is 31.2 Å². The van der Waals surface area contributed by atoms with Crippen LogP contribution in [0.25, 0.3) is 10.2 Å². The summed E-state index contributed by atoms with van der Waals surface area (Å²) in [5.41, 5.74) is 9.46. The van der Waals surface area contributed by atoms with E-state index in [9.17, 15) is 0 Å². The van der Waals surface area contributed by atoms with Crippen molar-refractivity contribution in [1.29, 1.82) is 0 Å². The lowest BCUT2D eigenvalue weighted by molar-refractivity contribution is 1.03. The highest BCUT2D eigenvalue weighted by Crippen LogP contribution is 2.23. The topological polar surface area (TPSA) is 51.8 Å². The number of anilines is 1. The van der Waals surface area contributed by atoms with E-state index in [1.807, 2.05) is 37.3 Å². The molecule has 0 fully saturated rings. The molecule has 2 aromatic heterocycles. The highest BCUT2D eigenvalue weighted by molar-refractivity contribution is 7.18. The monoisotopic (exact) mass is 255 g/mol. The van der Waals surface area contributed by atoms with Gasteiger partial charge in [0.05, 0.1) is 26.6 Å². The normalized spacial score (nSPS) is 10.9. The first kappa shape index (κ1) is 11.2. The van der Waals surface area contributed by atoms with Crippen LogP contribution in [0.2, 0.25) is 0 Å². The molecule has 3 rings (SSSR count). The van der Waals surface area contributed by atoms with E-state index in [2.05, 4.69) is 16.0 Å². The lowest BCUT2D eigenvalue weighted by Gasteiger charge is -2.01. The molecule has 0 bridgehead atoms. The number of nitrogen functional groups attached to an aromatic ring is 1. The van der Waals surface area contributed by atoms with Crippen LogP contribution in [0.3, 0.4) is 0 Å². The summed E-state index contributed by atoms with van der Waals surface area (Å²) in [4.78, 5) is 9.09. The van der Waals surface area contributed by atoms with E-state index in [-0.39, 0.29) is 0 Å². The van der Waals surface area contributed by atoms with Gasteiger partial charge >= 0.3 is 0 Å². The maximum Gasteiger partial charge on any atom is 0.0998 e. The summed E-state index contributed by atoms with van der Waals surface area (Å²) < 4.78 is 1.22. The molecule has 0 aliphatic heterocycles. The molecule has 0 amide bonds. The largest absolute Gasteiger partial charge is 0.397 e. The molecular weight excluding hydrogens is 242 g/mol. The van der Waals surface area contributed by atoms with Crippen LogP contribution in [-0.4, -0.2) is 9.97 Å². The molecule has 2 N–H and O–H groups in total. The number of benzene rings is 1. The first-order valence-electron chi connectivity index (χ1n) is 5.79. The van der Waals surface area contributed by atoms with E-state index in [1.54, 1.807) is 11.3 Å². The summed E-state index contributed by atoms with van der Waals surface area (Å²) in [6, 6.07) is 12.1. The van der Waals surface area contributed by atoms with Crippen molar-refractivity contribution in [2.24, 2.45) is 0 Å². The summed E-state index contributed by atoms with van der Waals surface area (Å²) in [6.45, 7) is 1.93. The van der Waals surface area contributed by atoms with Gasteiger partial charge < -0.3 is 5.73 Å². The van der Waals surface area contributed by atoms with Crippen molar-refractivity contribution in [3.05, 3.63) is 52.8 Å². The fourth-order valence-corrected chi connectivity index (χ4v) is 2.86. The standard InChI is InChI=1S/C14H13N3S/c1-9-11(15)7-6-10(16-9)8-14-17-12-4-2-3-5-13(12)18-14/h2-7H,8,15H2,1H3. The summed E-state index contributed by atoms with van der Waals surface area (Å²) in [5, 5.41) is 1.09. The molecule has 1 aromatic carbocycles. The van der Waals surface area contributed by atoms with E-state index in [0.29, 0.717) is 0 Å². The van der Waals surface area contributed by atoms with Crippen LogP contribution >= 0.6 is 11.3 Å². The minimum absolute atomic E-state index is 0.739. The van der Waals surface area contributed by atoms with Gasteiger partial charge in [0.2, 0.25) is 0 Å². The number of fused-ring (bicyclic) bond motifs is 1. The van der Waals surface area contributed by atoms with Gasteiger partial charge in [-0.2, -0.15) is 0 Å². The first-order chi connectivity index (χ1) is 8.72. The Kier molecular flexibility index (Phi) is 2.72. The number of nitrogens with zero attached hydrogens (tertiary/aromatic N) is 2. The highest BCUT2D eigenvalue weighted by atomic mass is 32.1. The molecule has 0 aliphatic rings. The molecule has 0 spiro atoms. The maximum atomic E-state index is 5.77. The zero-order valence-corrected chi connectivity index (χ0v) is 10.9. The summed E-state index contributed by atoms with van der Waals surface area (Å²) >= 11 is 1.72. The lowest BCUT2D eigenvalue weighted by atomic mass is 10.2. The number of aryl methyl sites for hydroxylation is 1. The second-order valence-electron chi connectivity index (χ2n) is 4.23. The van der Waals surface area contributed by atoms with Crippen molar-refractivity contribution in [2.75, 3.05) is 5.73 Å². The summed E-state index contributed by atoms with van der Waals surface area (Å²) in [5.74, 6) is 0. The smallest absolute Gasteiger partial charge is 0.0998 e. The third-order valence-corrected chi connectivity index (χ3v) is 3.89. The van der Waals surface area contributed by atoms with Crippen LogP contribution in [0.15, 0.2) is 36.4 Å². The minimum Gasteiger partial charge on any atom is -0.397 e. The van der Waals surface area contributed by atoms with E-state index in [1.165, 1.54) is 4.70 Å².